The van der Waals surface area contributed by atoms with Crippen molar-refractivity contribution in [3.63, 3.8) is 0 Å². The Morgan fingerprint density at radius 1 is 0.343 bits per heavy atom. The number of anilines is 8. The monoisotopic (exact) mass is 1590 g/mol. The first-order chi connectivity index (χ1) is 52.1. The minimum absolute atomic E-state index is 0.245. The zero-order chi connectivity index (χ0) is 77.6. The van der Waals surface area contributed by atoms with E-state index in [1.807, 2.05) is 50.5 Å². The number of nitrogens with zero attached hydrogens (tertiary/aromatic N) is 8. The first-order valence-corrected chi connectivity index (χ1v) is 42.0. The summed E-state index contributed by atoms with van der Waals surface area (Å²) in [5.41, 5.74) is 12.1. The first-order valence-electron chi connectivity index (χ1n) is 33.9. The summed E-state index contributed by atoms with van der Waals surface area (Å²) in [5, 5.41) is 49.5. The fourth-order valence-corrected chi connectivity index (χ4v) is 16.7. The van der Waals surface area contributed by atoms with Crippen molar-refractivity contribution < 1.29 is 39.6 Å². The van der Waals surface area contributed by atoms with Crippen molar-refractivity contribution in [2.24, 2.45) is 0 Å². The van der Waals surface area contributed by atoms with E-state index in [0.717, 1.165) is 136 Å². The molecule has 0 aliphatic carbocycles. The number of nitrogens with one attached hydrogen (secondary N) is 4. The van der Waals surface area contributed by atoms with Crippen LogP contribution in [0.2, 0.25) is 0 Å². The van der Waals surface area contributed by atoms with Gasteiger partial charge < -0.3 is 41.7 Å². The van der Waals surface area contributed by atoms with Gasteiger partial charge in [0.1, 0.15) is 23.3 Å². The van der Waals surface area contributed by atoms with E-state index in [9.17, 15) is 19.2 Å². The lowest BCUT2D eigenvalue weighted by atomic mass is 10.1. The topological polar surface area (TPSA) is 300 Å². The number of allylic oxidation sites excluding steroid dienone is 2. The molecule has 12 rings (SSSR count). The highest BCUT2D eigenvalue weighted by atomic mass is 32.2. The summed E-state index contributed by atoms with van der Waals surface area (Å²) < 4.78 is 4.87. The fraction of sp³-hybridized carbons (Fsp3) is 0.200. The van der Waals surface area contributed by atoms with Gasteiger partial charge in [0.2, 0.25) is 0 Å². The van der Waals surface area contributed by atoms with Crippen LogP contribution in [0.3, 0.4) is 0 Å². The van der Waals surface area contributed by atoms with E-state index >= 15 is 0 Å². The van der Waals surface area contributed by atoms with Crippen molar-refractivity contribution in [3.05, 3.63) is 238 Å². The SMILES string of the molecule is C=CCc1c(C)nc(-c2ccc(SC)s2)nc1Nc1ccc(C(=O)O)cc1.C=CCc1c(CC)nc(-c2ccc(SC)s2)nc1Nc1ccc(C(=O)O)cc1.CCc1c(C)nc(-c2ccc(SC)s2)nc1Nc1ccc(C(=O)O)cc1.CCc1nc(-c2ccc(SC)s2)nc(Nc2ccc(C(=O)O)cc2)c1CC. The van der Waals surface area contributed by atoms with Crippen molar-refractivity contribution in [2.75, 3.05) is 46.3 Å². The lowest BCUT2D eigenvalue weighted by Crippen LogP contribution is -2.07. The van der Waals surface area contributed by atoms with Gasteiger partial charge in [0.15, 0.2) is 23.3 Å². The summed E-state index contributed by atoms with van der Waals surface area (Å²) >= 11 is 13.5. The minimum Gasteiger partial charge on any atom is -0.478 e. The predicted molar refractivity (Wildman–Crippen MR) is 450 cm³/mol. The number of carboxylic acids is 4. The van der Waals surface area contributed by atoms with Gasteiger partial charge in [-0.3, -0.25) is 0 Å². The molecule has 28 heteroatoms. The number of rotatable bonds is 28. The molecule has 8 heterocycles. The molecule has 0 bridgehead atoms. The van der Waals surface area contributed by atoms with Crippen LogP contribution in [-0.4, -0.2) is 109 Å². The molecule has 0 spiro atoms. The molecular weight excluding hydrogens is 1510 g/mol. The largest absolute Gasteiger partial charge is 0.478 e. The molecule has 4 aromatic carbocycles. The third kappa shape index (κ3) is 21.6. The third-order valence-electron chi connectivity index (χ3n) is 16.3. The molecule has 0 radical (unpaired) electrons. The van der Waals surface area contributed by atoms with Crippen LogP contribution in [0.25, 0.3) is 42.8 Å². The van der Waals surface area contributed by atoms with Gasteiger partial charge in [0.05, 0.1) is 58.6 Å². The van der Waals surface area contributed by atoms with Gasteiger partial charge >= 0.3 is 23.9 Å². The zero-order valence-electron chi connectivity index (χ0n) is 60.9. The fourth-order valence-electron chi connectivity index (χ4n) is 10.8. The van der Waals surface area contributed by atoms with Crippen LogP contribution in [0.5, 0.6) is 0 Å². The molecule has 0 saturated carbocycles. The molecular formula is C80H80N12O8S8. The summed E-state index contributed by atoms with van der Waals surface area (Å²) in [6.45, 7) is 20.0. The van der Waals surface area contributed by atoms with Gasteiger partial charge in [0.25, 0.3) is 0 Å². The summed E-state index contributed by atoms with van der Waals surface area (Å²) in [6, 6.07) is 43.1. The average molecular weight is 1590 g/mol. The lowest BCUT2D eigenvalue weighted by Gasteiger charge is -2.15. The van der Waals surface area contributed by atoms with Crippen LogP contribution in [-0.2, 0) is 38.5 Å². The van der Waals surface area contributed by atoms with E-state index in [-0.39, 0.29) is 22.3 Å². The second kappa shape index (κ2) is 39.7. The number of benzene rings is 4. The molecule has 0 fully saturated rings. The quantitative estimate of drug-likeness (QED) is 0.0167. The maximum atomic E-state index is 11.1. The van der Waals surface area contributed by atoms with Crippen LogP contribution in [0, 0.1) is 13.8 Å². The molecule has 20 nitrogen and oxygen atoms in total. The van der Waals surface area contributed by atoms with E-state index in [1.165, 1.54) is 16.8 Å². The number of aromatic carboxylic acids is 4. The van der Waals surface area contributed by atoms with Crippen LogP contribution in [0.15, 0.2) is 188 Å². The van der Waals surface area contributed by atoms with Crippen molar-refractivity contribution >= 4 is 162 Å². The molecule has 0 aliphatic rings. The summed E-state index contributed by atoms with van der Waals surface area (Å²) in [5.74, 6) is 2.00. The van der Waals surface area contributed by atoms with Crippen molar-refractivity contribution in [1.82, 2.24) is 39.9 Å². The van der Waals surface area contributed by atoms with Crippen molar-refractivity contribution in [2.45, 2.75) is 96.9 Å². The third-order valence-corrected chi connectivity index (χ3v) is 24.9. The normalized spacial score (nSPS) is 10.7. The van der Waals surface area contributed by atoms with Crippen LogP contribution >= 0.6 is 92.4 Å². The number of carboxylic acid groups (broad SMARTS) is 4. The molecule has 12 aromatic rings. The highest BCUT2D eigenvalue weighted by Crippen LogP contribution is 2.39. The standard InChI is InChI=1S/C21H21N3O2S2.C20H19N3O2S2.C20H21N3O2S2.C19H19N3O2S2/c1-4-6-15-16(5-2)23-20(17-11-12-18(27-3)28-17)24-19(15)22-14-9-7-13(8-10-14)21(25)26;1-4-5-15-12(2)21-19(16-10-11-17(26-3)27-16)23-18(15)22-14-8-6-13(7-9-14)20(24)25;1-4-14-15(5-2)22-19(16-10-11-17(26-3)27-16)23-18(14)21-13-8-6-12(7-9-13)20(24)25;1-4-14-11(2)20-18(15-9-10-16(25-3)26-15)22-17(14)21-13-7-5-12(6-8-13)19(23)24/h4,7-12H,1,5-6H2,2-3H3,(H,25,26)(H,22,23,24);4,6-11H,1,5H2,2-3H3,(H,24,25)(H,21,22,23);6-11H,4-5H2,1-3H3,(H,24,25)(H,21,22,23);5-10H,4H2,1-3H3,(H,23,24)(H,20,21,22). The molecule has 556 valence electrons. The smallest absolute Gasteiger partial charge is 0.335 e. The number of aromatic nitrogens is 8. The Balaban J connectivity index is 0.000000166. The molecule has 0 saturated heterocycles. The van der Waals surface area contributed by atoms with Gasteiger partial charge in [-0.15, -0.1) is 106 Å². The molecule has 0 amide bonds. The Hall–Kier alpha value is -10.0. The number of hydrogen-bond acceptors (Lipinski definition) is 24. The van der Waals surface area contributed by atoms with E-state index in [0.29, 0.717) is 36.1 Å². The number of aryl methyl sites for hydroxylation is 4. The number of hydrogen-bond donors (Lipinski definition) is 8. The van der Waals surface area contributed by atoms with Crippen LogP contribution < -0.4 is 21.3 Å². The van der Waals surface area contributed by atoms with Crippen LogP contribution in [0.1, 0.15) is 114 Å². The van der Waals surface area contributed by atoms with Crippen molar-refractivity contribution in [3.8, 4) is 42.8 Å². The molecule has 8 N–H and O–H groups in total. The Morgan fingerprint density at radius 3 is 0.852 bits per heavy atom. The van der Waals surface area contributed by atoms with Gasteiger partial charge in [-0.05, 0) is 223 Å². The molecule has 0 aliphatic heterocycles. The molecule has 0 atom stereocenters. The first kappa shape index (κ1) is 82.0. The number of thiophene rings is 4. The highest BCUT2D eigenvalue weighted by molar-refractivity contribution is 8.01. The zero-order valence-corrected chi connectivity index (χ0v) is 67.5. The van der Waals surface area contributed by atoms with E-state index in [1.54, 1.807) is 189 Å². The van der Waals surface area contributed by atoms with E-state index in [4.69, 9.17) is 50.3 Å². The Morgan fingerprint density at radius 2 is 0.593 bits per heavy atom. The van der Waals surface area contributed by atoms with Gasteiger partial charge in [-0.25, -0.2) is 59.0 Å². The number of carbonyl (C=O) groups is 4. The van der Waals surface area contributed by atoms with Crippen molar-refractivity contribution in [1.29, 1.82) is 0 Å². The minimum atomic E-state index is -0.948. The Bertz CT molecular complexity index is 5140. The Kier molecular flexibility index (Phi) is 30.2. The maximum Gasteiger partial charge on any atom is 0.335 e. The predicted octanol–water partition coefficient (Wildman–Crippen LogP) is 21.8. The van der Waals surface area contributed by atoms with Crippen LogP contribution in [0.4, 0.5) is 46.0 Å². The van der Waals surface area contributed by atoms with Gasteiger partial charge in [-0.2, -0.15) is 0 Å². The molecule has 108 heavy (non-hydrogen) atoms. The molecule has 8 aromatic heterocycles. The molecule has 0 unspecified atom stereocenters. The van der Waals surface area contributed by atoms with Gasteiger partial charge in [0, 0.05) is 67.8 Å². The number of thioether (sulfide) groups is 4. The van der Waals surface area contributed by atoms with Gasteiger partial charge in [-0.1, -0.05) is 39.8 Å². The lowest BCUT2D eigenvalue weighted by molar-refractivity contribution is 0.0686. The second-order valence-electron chi connectivity index (χ2n) is 23.3. The highest BCUT2D eigenvalue weighted by Gasteiger charge is 2.21. The van der Waals surface area contributed by atoms with E-state index < -0.39 is 23.9 Å². The maximum absolute atomic E-state index is 11.1. The Labute approximate surface area is 660 Å². The second-order valence-corrected chi connectivity index (χ2v) is 32.0. The summed E-state index contributed by atoms with van der Waals surface area (Å²) in [7, 11) is 0. The summed E-state index contributed by atoms with van der Waals surface area (Å²) in [4.78, 5) is 86.2. The van der Waals surface area contributed by atoms with E-state index in [2.05, 4.69) is 121 Å². The average Bonchev–Trinajstić information content (AvgIpc) is 1.41. The summed E-state index contributed by atoms with van der Waals surface area (Å²) in [6.07, 6.45) is 16.4.